The third-order valence-corrected chi connectivity index (χ3v) is 7.32. The summed E-state index contributed by atoms with van der Waals surface area (Å²) in [7, 11) is -8.87. The molecule has 3 heterocycles. The van der Waals surface area contributed by atoms with E-state index in [0.29, 0.717) is 16.9 Å². The second-order valence-electron chi connectivity index (χ2n) is 7.52. The molecule has 194 valence electrons. The third kappa shape index (κ3) is 5.88. The number of ether oxygens (including phenoxy) is 2. The highest BCUT2D eigenvalue weighted by molar-refractivity contribution is 7.60. The molecule has 1 aromatic carbocycles. The highest BCUT2D eigenvalue weighted by atomic mass is 31.3. The molecule has 18 heteroatoms. The Balaban J connectivity index is 1.58. The normalized spacial score (nSPS) is 21.8. The van der Waals surface area contributed by atoms with Gasteiger partial charge < -0.3 is 35.2 Å². The molecule has 0 aliphatic carbocycles. The van der Waals surface area contributed by atoms with Crippen molar-refractivity contribution in [2.24, 2.45) is 0 Å². The molecule has 1 aliphatic heterocycles. The van der Waals surface area contributed by atoms with Crippen LogP contribution in [0.25, 0.3) is 11.2 Å². The van der Waals surface area contributed by atoms with Gasteiger partial charge in [-0.3, -0.25) is 9.09 Å². The number of nitrogens with two attached hydrogens (primary N) is 1. The number of phosphoric ester groups is 1. The molecule has 0 saturated carbocycles. The SMILES string of the molecule is CNc1ccccc1C(=O)OC1CC(n2cnc3c(N)ncnc32)OC1COP(=O)(O)OP(=O)(O)O. The number of benzene rings is 1. The lowest BCUT2D eigenvalue weighted by Crippen LogP contribution is -2.31. The predicted molar refractivity (Wildman–Crippen MR) is 122 cm³/mol. The number of anilines is 2. The van der Waals surface area contributed by atoms with E-state index in [4.69, 9.17) is 29.5 Å². The molecule has 1 fully saturated rings. The minimum absolute atomic E-state index is 0.0476. The number of hydrogen-bond acceptors (Lipinski definition) is 12. The van der Waals surface area contributed by atoms with Crippen LogP contribution in [-0.4, -0.2) is 66.0 Å². The van der Waals surface area contributed by atoms with Crippen molar-refractivity contribution >= 4 is 44.3 Å². The van der Waals surface area contributed by atoms with Gasteiger partial charge >= 0.3 is 21.6 Å². The zero-order valence-electron chi connectivity index (χ0n) is 18.6. The number of aromatic nitrogens is 4. The molecule has 4 unspecified atom stereocenters. The second kappa shape index (κ2) is 10.2. The summed E-state index contributed by atoms with van der Waals surface area (Å²) < 4.78 is 44.5. The summed E-state index contributed by atoms with van der Waals surface area (Å²) in [5.74, 6) is -0.570. The lowest BCUT2D eigenvalue weighted by molar-refractivity contribution is -0.0490. The molecular formula is C18H22N6O10P2. The Morgan fingerprint density at radius 1 is 1.25 bits per heavy atom. The number of phosphoric acid groups is 2. The number of rotatable bonds is 9. The topological polar surface area (TPSA) is 230 Å². The molecule has 4 rings (SSSR count). The fraction of sp³-hybridized carbons (Fsp3) is 0.333. The van der Waals surface area contributed by atoms with Crippen molar-refractivity contribution in [1.29, 1.82) is 0 Å². The van der Waals surface area contributed by atoms with E-state index in [-0.39, 0.29) is 17.8 Å². The van der Waals surface area contributed by atoms with Crippen LogP contribution >= 0.6 is 15.6 Å². The Labute approximate surface area is 203 Å². The Morgan fingerprint density at radius 2 is 2.00 bits per heavy atom. The van der Waals surface area contributed by atoms with Crippen LogP contribution in [0, 0.1) is 0 Å². The number of carbonyl (C=O) groups is 1. The average Bonchev–Trinajstić information content (AvgIpc) is 3.41. The van der Waals surface area contributed by atoms with Gasteiger partial charge in [0.15, 0.2) is 11.5 Å². The molecule has 0 bridgehead atoms. The molecule has 3 aromatic rings. The smallest absolute Gasteiger partial charge is 0.456 e. The second-order valence-corrected chi connectivity index (χ2v) is 10.4. The van der Waals surface area contributed by atoms with Crippen LogP contribution in [-0.2, 0) is 27.4 Å². The molecule has 16 nitrogen and oxygen atoms in total. The van der Waals surface area contributed by atoms with Gasteiger partial charge in [0.05, 0.1) is 18.5 Å². The highest BCUT2D eigenvalue weighted by Gasteiger charge is 2.42. The number of nitrogens with zero attached hydrogens (tertiary/aromatic N) is 4. The van der Waals surface area contributed by atoms with Gasteiger partial charge in [-0.15, -0.1) is 0 Å². The van der Waals surface area contributed by atoms with E-state index in [1.54, 1.807) is 31.3 Å². The van der Waals surface area contributed by atoms with E-state index in [1.807, 2.05) is 0 Å². The van der Waals surface area contributed by atoms with E-state index >= 15 is 0 Å². The van der Waals surface area contributed by atoms with Crippen molar-refractivity contribution in [1.82, 2.24) is 19.5 Å². The average molecular weight is 544 g/mol. The van der Waals surface area contributed by atoms with E-state index in [9.17, 15) is 18.8 Å². The third-order valence-electron chi connectivity index (χ3n) is 5.16. The van der Waals surface area contributed by atoms with Crippen LogP contribution in [0.5, 0.6) is 0 Å². The van der Waals surface area contributed by atoms with Gasteiger partial charge in [0.1, 0.15) is 30.3 Å². The van der Waals surface area contributed by atoms with Crippen LogP contribution in [0.1, 0.15) is 23.0 Å². The summed E-state index contributed by atoms with van der Waals surface area (Å²) in [4.78, 5) is 52.4. The van der Waals surface area contributed by atoms with E-state index in [2.05, 4.69) is 24.6 Å². The molecular weight excluding hydrogens is 522 g/mol. The lowest BCUT2D eigenvalue weighted by Gasteiger charge is -2.20. The summed E-state index contributed by atoms with van der Waals surface area (Å²) in [6, 6.07) is 6.60. The Kier molecular flexibility index (Phi) is 7.41. The van der Waals surface area contributed by atoms with Crippen LogP contribution in [0.2, 0.25) is 0 Å². The van der Waals surface area contributed by atoms with Crippen LogP contribution in [0.4, 0.5) is 11.5 Å². The Bertz CT molecular complexity index is 1360. The van der Waals surface area contributed by atoms with Crippen molar-refractivity contribution < 1.29 is 46.9 Å². The molecule has 1 saturated heterocycles. The van der Waals surface area contributed by atoms with Crippen LogP contribution < -0.4 is 11.1 Å². The molecule has 36 heavy (non-hydrogen) atoms. The number of hydrogen-bond donors (Lipinski definition) is 5. The van der Waals surface area contributed by atoms with Crippen molar-refractivity contribution in [3.8, 4) is 0 Å². The van der Waals surface area contributed by atoms with E-state index in [0.717, 1.165) is 0 Å². The van der Waals surface area contributed by atoms with E-state index < -0.39 is 46.7 Å². The number of nitrogen functional groups attached to an aromatic ring is 1. The molecule has 1 aliphatic rings. The number of carbonyl (C=O) groups excluding carboxylic acids is 1. The summed E-state index contributed by atoms with van der Waals surface area (Å²) in [6.45, 7) is -0.709. The number of para-hydroxylation sites is 1. The molecule has 0 spiro atoms. The van der Waals surface area contributed by atoms with Crippen molar-refractivity contribution in [3.63, 3.8) is 0 Å². The first kappa shape index (κ1) is 26.1. The molecule has 0 amide bonds. The fourth-order valence-corrected chi connectivity index (χ4v) is 5.23. The van der Waals surface area contributed by atoms with Gasteiger partial charge in [0.2, 0.25) is 0 Å². The molecule has 2 aromatic heterocycles. The van der Waals surface area contributed by atoms with Gasteiger partial charge in [-0.1, -0.05) is 12.1 Å². The monoisotopic (exact) mass is 544 g/mol. The van der Waals surface area contributed by atoms with Crippen molar-refractivity contribution in [2.45, 2.75) is 24.9 Å². The first-order valence-corrected chi connectivity index (χ1v) is 13.3. The van der Waals surface area contributed by atoms with Crippen LogP contribution in [0.3, 0.4) is 0 Å². The maximum absolute atomic E-state index is 12.9. The number of fused-ring (bicyclic) bond motifs is 1. The van der Waals surface area contributed by atoms with Gasteiger partial charge in [0.25, 0.3) is 0 Å². The van der Waals surface area contributed by atoms with Gasteiger partial charge in [-0.05, 0) is 12.1 Å². The summed E-state index contributed by atoms with van der Waals surface area (Å²) >= 11 is 0. The van der Waals surface area contributed by atoms with Gasteiger partial charge in [-0.25, -0.2) is 28.9 Å². The molecule has 6 N–H and O–H groups in total. The first-order chi connectivity index (χ1) is 17.0. The maximum atomic E-state index is 12.9. The van der Waals surface area contributed by atoms with Crippen molar-refractivity contribution in [3.05, 3.63) is 42.5 Å². The summed E-state index contributed by atoms with van der Waals surface area (Å²) in [5.41, 5.74) is 7.21. The lowest BCUT2D eigenvalue weighted by atomic mass is 10.1. The van der Waals surface area contributed by atoms with Crippen molar-refractivity contribution in [2.75, 3.05) is 24.7 Å². The highest BCUT2D eigenvalue weighted by Crippen LogP contribution is 2.57. The van der Waals surface area contributed by atoms with Gasteiger partial charge in [-0.2, -0.15) is 4.31 Å². The summed E-state index contributed by atoms with van der Waals surface area (Å²) in [6.07, 6.45) is -0.300. The Morgan fingerprint density at radius 3 is 2.72 bits per heavy atom. The largest absolute Gasteiger partial charge is 0.481 e. The number of esters is 1. The quantitative estimate of drug-likeness (QED) is 0.188. The summed E-state index contributed by atoms with van der Waals surface area (Å²) in [5, 5.41) is 2.88. The first-order valence-electron chi connectivity index (χ1n) is 10.3. The fourth-order valence-electron chi connectivity index (χ4n) is 3.63. The minimum Gasteiger partial charge on any atom is -0.456 e. The van der Waals surface area contributed by atoms with Crippen LogP contribution in [0.15, 0.2) is 36.9 Å². The minimum atomic E-state index is -5.33. The zero-order chi connectivity index (χ0) is 26.1. The maximum Gasteiger partial charge on any atom is 0.481 e. The molecule has 0 radical (unpaired) electrons. The Hall–Kier alpha value is -2.94. The van der Waals surface area contributed by atoms with E-state index in [1.165, 1.54) is 17.2 Å². The number of nitrogens with one attached hydrogen (secondary N) is 1. The molecule has 4 atom stereocenters. The zero-order valence-corrected chi connectivity index (χ0v) is 20.4. The standard InChI is InChI=1S/C18H22N6O10P2/c1-20-11-5-3-2-4-10(11)18(25)33-12-6-14(24-9-23-15-16(19)21-8-22-17(15)24)32-13(12)7-31-36(29,30)34-35(26,27)28/h2-5,8-9,12-14,20H,6-7H2,1H3,(H,29,30)(H2,19,21,22)(H2,26,27,28). The predicted octanol–water partition coefficient (Wildman–Crippen LogP) is 1.19. The number of imidazole rings is 1. The van der Waals surface area contributed by atoms with Gasteiger partial charge in [0, 0.05) is 19.2 Å².